The number of fused-ring (bicyclic) bond motifs is 5. The molecule has 1 heterocycles. The zero-order valence-corrected chi connectivity index (χ0v) is 47.0. The molecule has 317 valence electrons. The van der Waals surface area contributed by atoms with Crippen molar-refractivity contribution in [3.05, 3.63) is 161 Å². The van der Waals surface area contributed by atoms with Gasteiger partial charge >= 0.3 is 388 Å². The van der Waals surface area contributed by atoms with Crippen LogP contribution in [0.25, 0.3) is 45.5 Å². The molecule has 0 saturated heterocycles. The molecular formula is C56H63Cl2HfSi3. The molecule has 2 atom stereocenters. The fraction of sp³-hybridized carbons (Fsp3) is 0.286. The number of rotatable bonds is 11. The monoisotopic (exact) mass is 1070 g/mol. The molecule has 6 heteroatoms. The average molecular weight is 1070 g/mol. The number of hydrogen-bond donors (Lipinski definition) is 0. The van der Waals surface area contributed by atoms with Crippen molar-refractivity contribution in [3.8, 4) is 33.4 Å². The SMILES string of the molecule is CC(C)CC1=Cc2c(-c3ccccc3[Si](C)(C)C)cccc2[CH]1[Hf]([Cl])([Cl])([c]1cccc2c1[SiH2]c1ccccc1-2)[CH]1C(CC(C)C)=Cc2c(-c3ccccc3[Si](C)(C)C)cccc21. The van der Waals surface area contributed by atoms with Crippen LogP contribution in [0.3, 0.4) is 0 Å². The van der Waals surface area contributed by atoms with Gasteiger partial charge in [0.1, 0.15) is 0 Å². The normalized spacial score (nSPS) is 18.0. The first-order valence-corrected chi connectivity index (χ1v) is 46.3. The minimum atomic E-state index is -5.88. The van der Waals surface area contributed by atoms with Crippen LogP contribution in [0.15, 0.2) is 139 Å². The molecule has 0 amide bonds. The van der Waals surface area contributed by atoms with Crippen molar-refractivity contribution in [2.75, 3.05) is 0 Å². The van der Waals surface area contributed by atoms with Gasteiger partial charge in [0.05, 0.1) is 0 Å². The zero-order valence-electron chi connectivity index (χ0n) is 38.5. The summed E-state index contributed by atoms with van der Waals surface area (Å²) < 4.78 is 1.16. The Morgan fingerprint density at radius 3 is 1.35 bits per heavy atom. The predicted molar refractivity (Wildman–Crippen MR) is 281 cm³/mol. The second kappa shape index (κ2) is 16.1. The van der Waals surface area contributed by atoms with Gasteiger partial charge in [-0.05, 0) is 0 Å². The fourth-order valence-electron chi connectivity index (χ4n) is 11.8. The summed E-state index contributed by atoms with van der Waals surface area (Å²) >= 11 is -5.88. The molecule has 0 nitrogen and oxygen atoms in total. The van der Waals surface area contributed by atoms with E-state index >= 15 is 0 Å². The summed E-state index contributed by atoms with van der Waals surface area (Å²) in [7, 11) is 14.8. The summed E-state index contributed by atoms with van der Waals surface area (Å²) in [6, 6.07) is 48.8. The second-order valence-corrected chi connectivity index (χ2v) is 62.7. The third kappa shape index (κ3) is 7.32. The van der Waals surface area contributed by atoms with Crippen LogP contribution < -0.4 is 24.1 Å². The maximum absolute atomic E-state index is 9.51. The van der Waals surface area contributed by atoms with E-state index in [0.29, 0.717) is 11.8 Å². The van der Waals surface area contributed by atoms with Crippen molar-refractivity contribution in [1.29, 1.82) is 0 Å². The Labute approximate surface area is 385 Å². The first-order valence-electron chi connectivity index (χ1n) is 23.0. The van der Waals surface area contributed by atoms with Gasteiger partial charge < -0.3 is 0 Å². The molecule has 2 aliphatic carbocycles. The standard InChI is InChI=1S/2C22H27Si.C12H9Si.2ClH.Hf/c2*1-16(2)13-17-14-18-9-8-11-19(21(18)15-17)20-10-6-7-12-22(20)23(3,4)5;1-3-7-11-9(5-1)10-6-2-4-8-12(10)13-11;;;/h2*6-12,14-16H,13H2,1-5H3;1-7H,13H2;2*1H;/q;;;;;+2/p-2. The molecule has 6 aromatic carbocycles. The summed E-state index contributed by atoms with van der Waals surface area (Å²) in [5.74, 6) is 0.882. The van der Waals surface area contributed by atoms with Crippen LogP contribution in [0, 0.1) is 11.8 Å². The molecule has 6 aromatic rings. The summed E-state index contributed by atoms with van der Waals surface area (Å²) in [6.07, 6.45) is 7.07. The first kappa shape index (κ1) is 44.1. The molecule has 0 saturated carbocycles. The van der Waals surface area contributed by atoms with Gasteiger partial charge in [0.15, 0.2) is 0 Å². The van der Waals surface area contributed by atoms with Crippen molar-refractivity contribution in [2.24, 2.45) is 11.8 Å². The number of benzene rings is 6. The number of allylic oxidation sites excluding steroid dienone is 2. The first-order chi connectivity index (χ1) is 29.4. The predicted octanol–water partition coefficient (Wildman–Crippen LogP) is 13.2. The van der Waals surface area contributed by atoms with Crippen molar-refractivity contribution in [1.82, 2.24) is 0 Å². The van der Waals surface area contributed by atoms with Crippen molar-refractivity contribution < 1.29 is 16.1 Å². The van der Waals surface area contributed by atoms with E-state index in [1.165, 1.54) is 90.8 Å². The summed E-state index contributed by atoms with van der Waals surface area (Å²) in [5, 5.41) is 6.00. The van der Waals surface area contributed by atoms with Crippen LogP contribution in [0.1, 0.15) is 70.1 Å². The average Bonchev–Trinajstić information content (AvgIpc) is 3.91. The van der Waals surface area contributed by atoms with E-state index in [2.05, 4.69) is 207 Å². The van der Waals surface area contributed by atoms with E-state index < -0.39 is 41.8 Å². The van der Waals surface area contributed by atoms with Crippen molar-refractivity contribution in [2.45, 2.75) is 87.2 Å². The van der Waals surface area contributed by atoms with Gasteiger partial charge in [0.25, 0.3) is 0 Å². The zero-order chi connectivity index (χ0) is 44.0. The summed E-state index contributed by atoms with van der Waals surface area (Å²) in [4.78, 5) is 0. The minimum absolute atomic E-state index is 0.0830. The summed E-state index contributed by atoms with van der Waals surface area (Å²) in [6.45, 7) is 24.3. The van der Waals surface area contributed by atoms with E-state index in [0.717, 1.165) is 12.8 Å². The third-order valence-electron chi connectivity index (χ3n) is 14.1. The maximum atomic E-state index is 9.51. The topological polar surface area (TPSA) is 0 Å². The van der Waals surface area contributed by atoms with Crippen molar-refractivity contribution in [3.63, 3.8) is 0 Å². The van der Waals surface area contributed by atoms with E-state index in [1.807, 2.05) is 0 Å². The van der Waals surface area contributed by atoms with Gasteiger partial charge in [-0.25, -0.2) is 0 Å². The molecule has 0 radical (unpaired) electrons. The van der Waals surface area contributed by atoms with Crippen LogP contribution in [-0.2, 0) is 16.1 Å². The Bertz CT molecular complexity index is 2670. The molecule has 0 bridgehead atoms. The van der Waals surface area contributed by atoms with E-state index in [-0.39, 0.29) is 7.35 Å². The van der Waals surface area contributed by atoms with Gasteiger partial charge in [-0.3, -0.25) is 0 Å². The Kier molecular flexibility index (Phi) is 11.5. The molecule has 3 aliphatic rings. The number of hydrogen-bond acceptors (Lipinski definition) is 0. The molecule has 0 N–H and O–H groups in total. The molecular weight excluding hydrogens is 1010 g/mol. The molecule has 0 spiro atoms. The van der Waals surface area contributed by atoms with Crippen LogP contribution in [-0.4, -0.2) is 25.7 Å². The third-order valence-corrected chi connectivity index (χ3v) is 49.9. The van der Waals surface area contributed by atoms with Gasteiger partial charge in [-0.15, -0.1) is 0 Å². The van der Waals surface area contributed by atoms with Gasteiger partial charge in [0.2, 0.25) is 0 Å². The van der Waals surface area contributed by atoms with E-state index in [1.54, 1.807) is 0 Å². The quantitative estimate of drug-likeness (QED) is 0.113. The molecule has 9 rings (SSSR count). The Morgan fingerprint density at radius 2 is 0.887 bits per heavy atom. The van der Waals surface area contributed by atoms with Gasteiger partial charge in [-0.1, -0.05) is 0 Å². The van der Waals surface area contributed by atoms with Crippen LogP contribution in [0.5, 0.6) is 0 Å². The fourth-order valence-corrected chi connectivity index (χ4v) is 53.9. The van der Waals surface area contributed by atoms with Crippen LogP contribution >= 0.6 is 17.2 Å². The Morgan fingerprint density at radius 1 is 0.484 bits per heavy atom. The summed E-state index contributed by atoms with van der Waals surface area (Å²) in [5.41, 5.74) is 16.4. The number of halogens is 2. The molecule has 0 aromatic heterocycles. The molecule has 2 unspecified atom stereocenters. The second-order valence-electron chi connectivity index (χ2n) is 21.5. The van der Waals surface area contributed by atoms with Gasteiger partial charge in [-0.2, -0.15) is 0 Å². The van der Waals surface area contributed by atoms with E-state index in [4.69, 9.17) is 0 Å². The van der Waals surface area contributed by atoms with Gasteiger partial charge in [0, 0.05) is 0 Å². The molecule has 0 fully saturated rings. The van der Waals surface area contributed by atoms with Crippen LogP contribution in [0.4, 0.5) is 0 Å². The van der Waals surface area contributed by atoms with Crippen LogP contribution in [0.2, 0.25) is 39.3 Å². The molecule has 62 heavy (non-hydrogen) atoms. The Balaban J connectivity index is 1.39. The van der Waals surface area contributed by atoms with E-state index in [9.17, 15) is 17.2 Å². The Hall–Kier alpha value is -3.10. The van der Waals surface area contributed by atoms with Crippen molar-refractivity contribution >= 4 is 79.0 Å². The molecule has 1 aliphatic heterocycles.